The highest BCUT2D eigenvalue weighted by molar-refractivity contribution is 7.88. The molecule has 0 aromatic heterocycles. The lowest BCUT2D eigenvalue weighted by molar-refractivity contribution is -0.525. The number of carbonyl (C=O) groups is 2. The number of nitro groups is 1. The van der Waals surface area contributed by atoms with Gasteiger partial charge >= 0.3 is 0 Å². The summed E-state index contributed by atoms with van der Waals surface area (Å²) in [6, 6.07) is 24.0. The van der Waals surface area contributed by atoms with E-state index in [4.69, 9.17) is 11.5 Å². The molecule has 0 saturated heterocycles. The van der Waals surface area contributed by atoms with Crippen molar-refractivity contribution in [3.8, 4) is 0 Å². The van der Waals surface area contributed by atoms with E-state index in [1.165, 1.54) is 11.9 Å². The van der Waals surface area contributed by atoms with Crippen molar-refractivity contribution in [1.29, 1.82) is 0 Å². The maximum Gasteiger partial charge on any atom is 0.251 e. The van der Waals surface area contributed by atoms with Crippen molar-refractivity contribution < 1.29 is 23.0 Å². The van der Waals surface area contributed by atoms with Gasteiger partial charge in [-0.25, -0.2) is 28.2 Å². The molecule has 0 aliphatic carbocycles. The highest BCUT2D eigenvalue weighted by Gasteiger charge is 2.34. The van der Waals surface area contributed by atoms with Gasteiger partial charge in [0.2, 0.25) is 21.8 Å². The molecule has 0 radical (unpaired) electrons. The summed E-state index contributed by atoms with van der Waals surface area (Å²) < 4.78 is 26.2. The van der Waals surface area contributed by atoms with Gasteiger partial charge in [0.15, 0.2) is 5.03 Å². The van der Waals surface area contributed by atoms with Crippen LogP contribution in [0.3, 0.4) is 0 Å². The molecular weight excluding hydrogens is 574 g/mol. The number of hydrogen-bond acceptors (Lipinski definition) is 7. The summed E-state index contributed by atoms with van der Waals surface area (Å²) in [4.78, 5) is 43.2. The fourth-order valence-corrected chi connectivity index (χ4v) is 5.35. The van der Waals surface area contributed by atoms with Crippen LogP contribution in [0.2, 0.25) is 0 Å². The normalized spacial score (nSPS) is 12.5. The van der Waals surface area contributed by atoms with E-state index in [0.717, 1.165) is 11.1 Å². The van der Waals surface area contributed by atoms with Gasteiger partial charge in [0.25, 0.3) is 5.96 Å². The molecule has 3 aromatic carbocycles. The summed E-state index contributed by atoms with van der Waals surface area (Å²) in [5.41, 5.74) is 15.8. The van der Waals surface area contributed by atoms with Gasteiger partial charge in [-0.05, 0) is 42.1 Å². The second-order valence-electron chi connectivity index (χ2n) is 9.70. The first-order valence-corrected chi connectivity index (χ1v) is 15.1. The van der Waals surface area contributed by atoms with Crippen molar-refractivity contribution >= 4 is 27.8 Å². The van der Waals surface area contributed by atoms with E-state index in [1.807, 2.05) is 60.7 Å². The topological polar surface area (TPSA) is 203 Å². The van der Waals surface area contributed by atoms with Crippen LogP contribution in [0, 0.1) is 10.1 Å². The number of nitrogens with two attached hydrogens (primary N) is 2. The quantitative estimate of drug-likeness (QED) is 0.0654. The molecule has 2 amide bonds. The van der Waals surface area contributed by atoms with Gasteiger partial charge in [-0.15, -0.1) is 0 Å². The zero-order chi connectivity index (χ0) is 31.4. The number of amides is 2. The maximum atomic E-state index is 14.4. The third-order valence-electron chi connectivity index (χ3n) is 6.67. The Hall–Kier alpha value is -4.82. The third kappa shape index (κ3) is 9.90. The SMILES string of the molecule is CNS(=O)(=O)Cc1ccc(CN(C(=O)C(c2ccccc2)c2ccccc2)[C@H](CCCN=C(N)N[N+](=O)[O-])C(N)=O)cc1. The number of sulfonamides is 1. The van der Waals surface area contributed by atoms with Crippen molar-refractivity contribution in [2.45, 2.75) is 37.1 Å². The van der Waals surface area contributed by atoms with Gasteiger partial charge in [0.05, 0.1) is 11.7 Å². The van der Waals surface area contributed by atoms with Crippen molar-refractivity contribution in [3.63, 3.8) is 0 Å². The number of benzene rings is 3. The van der Waals surface area contributed by atoms with Crippen LogP contribution in [0.25, 0.3) is 0 Å². The van der Waals surface area contributed by atoms with Crippen LogP contribution in [0.1, 0.15) is 41.0 Å². The number of aliphatic imine (C=N–C) groups is 1. The van der Waals surface area contributed by atoms with Crippen molar-refractivity contribution in [2.24, 2.45) is 16.5 Å². The fourth-order valence-electron chi connectivity index (χ4n) is 4.57. The Bertz CT molecular complexity index is 1480. The molecule has 1 atom stereocenters. The molecule has 0 heterocycles. The van der Waals surface area contributed by atoms with Crippen LogP contribution in [-0.4, -0.2) is 55.8 Å². The van der Waals surface area contributed by atoms with E-state index in [9.17, 15) is 28.1 Å². The van der Waals surface area contributed by atoms with E-state index < -0.39 is 32.9 Å². The van der Waals surface area contributed by atoms with E-state index in [2.05, 4.69) is 9.71 Å². The van der Waals surface area contributed by atoms with E-state index >= 15 is 0 Å². The molecule has 0 fully saturated rings. The summed E-state index contributed by atoms with van der Waals surface area (Å²) in [6.07, 6.45) is 0.366. The van der Waals surface area contributed by atoms with Crippen LogP contribution in [0.4, 0.5) is 0 Å². The van der Waals surface area contributed by atoms with Crippen molar-refractivity contribution in [2.75, 3.05) is 13.6 Å². The van der Waals surface area contributed by atoms with Crippen LogP contribution in [0.15, 0.2) is 89.9 Å². The molecule has 0 unspecified atom stereocenters. The lowest BCUT2D eigenvalue weighted by Gasteiger charge is -2.33. The van der Waals surface area contributed by atoms with Gasteiger partial charge in [-0.3, -0.25) is 9.59 Å². The molecule has 0 spiro atoms. The lowest BCUT2D eigenvalue weighted by atomic mass is 9.89. The zero-order valence-corrected chi connectivity index (χ0v) is 24.4. The third-order valence-corrected chi connectivity index (χ3v) is 8.00. The predicted octanol–water partition coefficient (Wildman–Crippen LogP) is 1.63. The smallest absolute Gasteiger partial charge is 0.251 e. The second kappa shape index (κ2) is 15.4. The van der Waals surface area contributed by atoms with Crippen molar-refractivity contribution in [1.82, 2.24) is 15.0 Å². The van der Waals surface area contributed by atoms with Crippen LogP contribution >= 0.6 is 0 Å². The highest BCUT2D eigenvalue weighted by atomic mass is 32.2. The first-order valence-electron chi connectivity index (χ1n) is 13.4. The summed E-state index contributed by atoms with van der Waals surface area (Å²) in [6.45, 7) is 0.0594. The Morgan fingerprint density at radius 1 is 0.930 bits per heavy atom. The predicted molar refractivity (Wildman–Crippen MR) is 162 cm³/mol. The molecule has 3 rings (SSSR count). The number of guanidine groups is 1. The maximum absolute atomic E-state index is 14.4. The van der Waals surface area contributed by atoms with Crippen LogP contribution in [-0.2, 0) is 31.9 Å². The molecule has 14 heteroatoms. The molecule has 3 aromatic rings. The number of nitrogens with one attached hydrogen (secondary N) is 2. The number of rotatable bonds is 15. The largest absolute Gasteiger partial charge is 0.368 e. The van der Waals surface area contributed by atoms with Crippen LogP contribution < -0.4 is 21.6 Å². The van der Waals surface area contributed by atoms with E-state index in [1.54, 1.807) is 29.7 Å². The zero-order valence-electron chi connectivity index (χ0n) is 23.6. The van der Waals surface area contributed by atoms with Gasteiger partial charge in [-0.2, -0.15) is 0 Å². The minimum absolute atomic E-state index is 0.00987. The molecule has 0 saturated carbocycles. The number of primary amides is 1. The molecule has 0 aliphatic rings. The molecule has 0 bridgehead atoms. The van der Waals surface area contributed by atoms with E-state index in [0.29, 0.717) is 11.1 Å². The Kier molecular flexibility index (Phi) is 11.7. The number of hydrazine groups is 1. The monoisotopic (exact) mass is 609 g/mol. The molecular formula is C29H35N7O6S. The number of nitrogens with zero attached hydrogens (tertiary/aromatic N) is 3. The molecule has 6 N–H and O–H groups in total. The first-order chi connectivity index (χ1) is 20.5. The first kappa shape index (κ1) is 32.7. The van der Waals surface area contributed by atoms with Gasteiger partial charge in [-0.1, -0.05) is 90.4 Å². The lowest BCUT2D eigenvalue weighted by Crippen LogP contribution is -2.49. The van der Waals surface area contributed by atoms with Gasteiger partial charge < -0.3 is 16.4 Å². The Labute approximate surface area is 250 Å². The Morgan fingerprint density at radius 2 is 1.47 bits per heavy atom. The standard InChI is InChI=1S/C29H35N7O6S/c1-32-43(41,42)20-22-16-14-21(15-17-22)19-35(25(27(30)37)13-8-18-33-29(31)34-36(39)40)28(38)26(23-9-4-2-5-10-23)24-11-6-3-7-12-24/h2-7,9-12,14-17,25-26,32H,8,13,18-20H2,1H3,(H2,30,37)(H3,31,33,34)/t25-/m1/s1. The minimum Gasteiger partial charge on any atom is -0.368 e. The minimum atomic E-state index is -3.48. The molecule has 0 aliphatic heterocycles. The summed E-state index contributed by atoms with van der Waals surface area (Å²) >= 11 is 0. The number of carbonyl (C=O) groups excluding carboxylic acids is 2. The summed E-state index contributed by atoms with van der Waals surface area (Å²) in [7, 11) is -2.14. The average molecular weight is 610 g/mol. The Balaban J connectivity index is 1.98. The van der Waals surface area contributed by atoms with E-state index in [-0.39, 0.29) is 43.6 Å². The summed E-state index contributed by atoms with van der Waals surface area (Å²) in [5, 5.41) is 9.74. The molecule has 228 valence electrons. The number of hydrogen-bond donors (Lipinski definition) is 4. The summed E-state index contributed by atoms with van der Waals surface area (Å²) in [5.74, 6) is -2.44. The van der Waals surface area contributed by atoms with Crippen molar-refractivity contribution in [3.05, 3.63) is 117 Å². The average Bonchev–Trinajstić information content (AvgIpc) is 2.97. The van der Waals surface area contributed by atoms with Crippen LogP contribution in [0.5, 0.6) is 0 Å². The highest BCUT2D eigenvalue weighted by Crippen LogP contribution is 2.29. The fraction of sp³-hybridized carbons (Fsp3) is 0.276. The van der Waals surface area contributed by atoms with Gasteiger partial charge in [0.1, 0.15) is 6.04 Å². The second-order valence-corrected chi connectivity index (χ2v) is 11.6. The Morgan fingerprint density at radius 3 is 1.95 bits per heavy atom. The molecule has 13 nitrogen and oxygen atoms in total. The molecule has 43 heavy (non-hydrogen) atoms. The van der Waals surface area contributed by atoms with Gasteiger partial charge in [0, 0.05) is 13.1 Å².